The molecule has 0 fully saturated rings. The van der Waals surface area contributed by atoms with Gasteiger partial charge in [0.25, 0.3) is 15.9 Å². The van der Waals surface area contributed by atoms with Gasteiger partial charge in [-0.15, -0.1) is 0 Å². The lowest BCUT2D eigenvalue weighted by Crippen LogP contribution is -2.32. The van der Waals surface area contributed by atoms with E-state index in [-0.39, 0.29) is 28.8 Å². The van der Waals surface area contributed by atoms with Gasteiger partial charge in [0.2, 0.25) is 0 Å². The number of rotatable bonds is 7. The summed E-state index contributed by atoms with van der Waals surface area (Å²) >= 11 is 6.12. The molecule has 3 aromatic rings. The van der Waals surface area contributed by atoms with Crippen LogP contribution in [-0.2, 0) is 21.2 Å². The standard InChI is InChI=1S/C27H27ClN2O6S/c1-3-36-27(32)19-9-12-22(13-10-19)29-26(31)20-8-7-18-6-4-5-15-30(23(18)16-20)37(33,34)25-17-21(28)11-14-24(25)35-2/h7-14,16-17H,3-6,15H2,1-2H3,(H,29,31). The fraction of sp³-hybridized carbons (Fsp3) is 0.259. The van der Waals surface area contributed by atoms with Crippen LogP contribution in [0.5, 0.6) is 5.75 Å². The first-order valence-corrected chi connectivity index (χ1v) is 13.6. The summed E-state index contributed by atoms with van der Waals surface area (Å²) in [5.74, 6) is -0.660. The van der Waals surface area contributed by atoms with Crippen LogP contribution in [0.1, 0.15) is 46.0 Å². The molecule has 1 aliphatic heterocycles. The van der Waals surface area contributed by atoms with Gasteiger partial charge in [-0.05, 0) is 86.3 Å². The number of nitrogens with zero attached hydrogens (tertiary/aromatic N) is 1. The molecule has 0 unspecified atom stereocenters. The van der Waals surface area contributed by atoms with Crippen LogP contribution < -0.4 is 14.4 Å². The highest BCUT2D eigenvalue weighted by Gasteiger charge is 2.31. The van der Waals surface area contributed by atoms with Gasteiger partial charge in [0.1, 0.15) is 10.6 Å². The number of benzene rings is 3. The molecule has 3 aromatic carbocycles. The third kappa shape index (κ3) is 5.73. The second kappa shape index (κ2) is 11.2. The first-order valence-electron chi connectivity index (χ1n) is 11.8. The van der Waals surface area contributed by atoms with Crippen LogP contribution in [-0.4, -0.2) is 40.6 Å². The Morgan fingerprint density at radius 1 is 1.00 bits per heavy atom. The monoisotopic (exact) mass is 542 g/mol. The molecule has 4 rings (SSSR count). The smallest absolute Gasteiger partial charge is 0.338 e. The van der Waals surface area contributed by atoms with E-state index in [2.05, 4.69) is 5.32 Å². The molecule has 0 aromatic heterocycles. The number of nitrogens with one attached hydrogen (secondary N) is 1. The maximum absolute atomic E-state index is 13.8. The molecule has 0 bridgehead atoms. The summed E-state index contributed by atoms with van der Waals surface area (Å²) < 4.78 is 39.2. The van der Waals surface area contributed by atoms with Gasteiger partial charge in [-0.3, -0.25) is 9.10 Å². The Morgan fingerprint density at radius 3 is 2.43 bits per heavy atom. The molecule has 0 saturated carbocycles. The number of amides is 1. The number of aryl methyl sites for hydroxylation is 1. The fourth-order valence-electron chi connectivity index (χ4n) is 4.17. The van der Waals surface area contributed by atoms with Gasteiger partial charge in [-0.2, -0.15) is 0 Å². The summed E-state index contributed by atoms with van der Waals surface area (Å²) in [6.45, 7) is 2.25. The zero-order valence-corrected chi connectivity index (χ0v) is 22.1. The molecule has 194 valence electrons. The van der Waals surface area contributed by atoms with E-state index in [1.807, 2.05) is 0 Å². The van der Waals surface area contributed by atoms with Crippen LogP contribution >= 0.6 is 11.6 Å². The van der Waals surface area contributed by atoms with Crippen LogP contribution in [0.4, 0.5) is 11.4 Å². The number of carbonyl (C=O) groups is 2. The number of fused-ring (bicyclic) bond motifs is 1. The zero-order chi connectivity index (χ0) is 26.6. The number of esters is 1. The highest BCUT2D eigenvalue weighted by Crippen LogP contribution is 2.36. The Morgan fingerprint density at radius 2 is 1.73 bits per heavy atom. The minimum atomic E-state index is -4.03. The summed E-state index contributed by atoms with van der Waals surface area (Å²) in [5, 5.41) is 3.07. The van der Waals surface area contributed by atoms with Gasteiger partial charge in [-0.1, -0.05) is 17.7 Å². The van der Waals surface area contributed by atoms with Gasteiger partial charge in [-0.25, -0.2) is 13.2 Å². The molecular weight excluding hydrogens is 516 g/mol. The van der Waals surface area contributed by atoms with Crippen LogP contribution in [0, 0.1) is 0 Å². The average molecular weight is 543 g/mol. The van der Waals surface area contributed by atoms with E-state index < -0.39 is 21.9 Å². The largest absolute Gasteiger partial charge is 0.495 e. The zero-order valence-electron chi connectivity index (χ0n) is 20.5. The van der Waals surface area contributed by atoms with Crippen molar-refractivity contribution in [2.24, 2.45) is 0 Å². The maximum Gasteiger partial charge on any atom is 0.338 e. The first-order chi connectivity index (χ1) is 17.7. The lowest BCUT2D eigenvalue weighted by molar-refractivity contribution is 0.0526. The molecule has 1 N–H and O–H groups in total. The van der Waals surface area contributed by atoms with Gasteiger partial charge in [0.15, 0.2) is 0 Å². The van der Waals surface area contributed by atoms with Crippen molar-refractivity contribution in [1.29, 1.82) is 0 Å². The quantitative estimate of drug-likeness (QED) is 0.406. The summed E-state index contributed by atoms with van der Waals surface area (Å²) in [6, 6.07) is 15.9. The molecule has 0 aliphatic carbocycles. The van der Waals surface area contributed by atoms with E-state index in [0.717, 1.165) is 12.0 Å². The molecule has 0 saturated heterocycles. The summed E-state index contributed by atoms with van der Waals surface area (Å²) in [7, 11) is -2.63. The first kappa shape index (κ1) is 26.5. The predicted molar refractivity (Wildman–Crippen MR) is 142 cm³/mol. The number of hydrogen-bond acceptors (Lipinski definition) is 6. The van der Waals surface area contributed by atoms with Crippen LogP contribution in [0.25, 0.3) is 0 Å². The van der Waals surface area contributed by atoms with Gasteiger partial charge in [0.05, 0.1) is 25.0 Å². The number of halogens is 1. The topological polar surface area (TPSA) is 102 Å². The Bertz CT molecular complexity index is 1420. The molecule has 1 aliphatic rings. The van der Waals surface area contributed by atoms with Crippen molar-refractivity contribution in [3.05, 3.63) is 82.4 Å². The van der Waals surface area contributed by atoms with Crippen LogP contribution in [0.15, 0.2) is 65.6 Å². The summed E-state index contributed by atoms with van der Waals surface area (Å²) in [6.07, 6.45) is 2.15. The van der Waals surface area contributed by atoms with E-state index in [9.17, 15) is 18.0 Å². The molecule has 0 atom stereocenters. The predicted octanol–water partition coefficient (Wildman–Crippen LogP) is 5.31. The normalized spacial score (nSPS) is 13.3. The van der Waals surface area contributed by atoms with Crippen molar-refractivity contribution < 1.29 is 27.5 Å². The second-order valence-electron chi connectivity index (χ2n) is 8.42. The fourth-order valence-corrected chi connectivity index (χ4v) is 6.12. The molecule has 0 spiro atoms. The summed E-state index contributed by atoms with van der Waals surface area (Å²) in [4.78, 5) is 24.9. The summed E-state index contributed by atoms with van der Waals surface area (Å²) in [5.41, 5.74) is 2.44. The van der Waals surface area contributed by atoms with Gasteiger partial charge in [0, 0.05) is 22.8 Å². The van der Waals surface area contributed by atoms with Gasteiger partial charge < -0.3 is 14.8 Å². The molecular formula is C27H27ClN2O6S. The van der Waals surface area contributed by atoms with E-state index in [4.69, 9.17) is 21.1 Å². The number of ether oxygens (including phenoxy) is 2. The maximum atomic E-state index is 13.8. The van der Waals surface area contributed by atoms with E-state index in [1.165, 1.54) is 23.5 Å². The molecule has 0 radical (unpaired) electrons. The highest BCUT2D eigenvalue weighted by atomic mass is 35.5. The number of carbonyl (C=O) groups excluding carboxylic acids is 2. The van der Waals surface area contributed by atoms with Crippen LogP contribution in [0.3, 0.4) is 0 Å². The van der Waals surface area contributed by atoms with E-state index in [0.29, 0.717) is 35.3 Å². The van der Waals surface area contributed by atoms with Crippen LogP contribution in [0.2, 0.25) is 5.02 Å². The van der Waals surface area contributed by atoms with Crippen molar-refractivity contribution in [2.75, 3.05) is 29.9 Å². The van der Waals surface area contributed by atoms with Gasteiger partial charge >= 0.3 is 5.97 Å². The third-order valence-corrected chi connectivity index (χ3v) is 8.09. The minimum absolute atomic E-state index is 0.0353. The second-order valence-corrected chi connectivity index (χ2v) is 10.7. The van der Waals surface area contributed by atoms with Crippen molar-refractivity contribution in [3.8, 4) is 5.75 Å². The van der Waals surface area contributed by atoms with Crippen molar-refractivity contribution in [3.63, 3.8) is 0 Å². The molecule has 8 nitrogen and oxygen atoms in total. The molecule has 37 heavy (non-hydrogen) atoms. The molecule has 10 heteroatoms. The SMILES string of the molecule is CCOC(=O)c1ccc(NC(=O)c2ccc3c(c2)N(S(=O)(=O)c2cc(Cl)ccc2OC)CCCC3)cc1. The average Bonchev–Trinajstić information content (AvgIpc) is 3.11. The van der Waals surface area contributed by atoms with Crippen molar-refractivity contribution >= 4 is 44.9 Å². The highest BCUT2D eigenvalue weighted by molar-refractivity contribution is 7.93. The number of sulfonamides is 1. The number of methoxy groups -OCH3 is 1. The van der Waals surface area contributed by atoms with Crippen molar-refractivity contribution in [2.45, 2.75) is 31.1 Å². The lowest BCUT2D eigenvalue weighted by Gasteiger charge is -2.26. The van der Waals surface area contributed by atoms with Crippen molar-refractivity contribution in [1.82, 2.24) is 0 Å². The van der Waals surface area contributed by atoms with E-state index in [1.54, 1.807) is 55.5 Å². The minimum Gasteiger partial charge on any atom is -0.495 e. The Labute approximate surface area is 221 Å². The Balaban J connectivity index is 1.65. The number of hydrogen-bond donors (Lipinski definition) is 1. The lowest BCUT2D eigenvalue weighted by atomic mass is 10.0. The Hall–Kier alpha value is -3.56. The number of anilines is 2. The Kier molecular flexibility index (Phi) is 8.04. The van der Waals surface area contributed by atoms with E-state index >= 15 is 0 Å². The molecule has 1 heterocycles. The molecule has 1 amide bonds. The third-order valence-electron chi connectivity index (χ3n) is 6.02.